The highest BCUT2D eigenvalue weighted by atomic mass is 32.2. The maximum Gasteiger partial charge on any atom is 0.261 e. The van der Waals surface area contributed by atoms with Crippen LogP contribution in [0.1, 0.15) is 86.1 Å². The molecule has 2 aliphatic rings. The average Bonchev–Trinajstić information content (AvgIpc) is 2.91. The number of hydrogen-bond acceptors (Lipinski definition) is 4. The summed E-state index contributed by atoms with van der Waals surface area (Å²) in [6, 6.07) is 5.51. The smallest absolute Gasteiger partial charge is 0.261 e. The summed E-state index contributed by atoms with van der Waals surface area (Å²) in [6.07, 6.45) is 6.03. The molecule has 0 atom stereocenters. The van der Waals surface area contributed by atoms with Gasteiger partial charge in [0.2, 0.25) is 0 Å². The molecule has 1 aliphatic heterocycles. The van der Waals surface area contributed by atoms with Gasteiger partial charge in [-0.05, 0) is 82.9 Å². The minimum Gasteiger partial charge on any atom is -0.272 e. The lowest BCUT2D eigenvalue weighted by Gasteiger charge is -2.28. The van der Waals surface area contributed by atoms with E-state index in [-0.39, 0.29) is 23.1 Å². The van der Waals surface area contributed by atoms with Gasteiger partial charge in [-0.1, -0.05) is 18.9 Å². The van der Waals surface area contributed by atoms with E-state index >= 15 is 0 Å². The number of fused-ring (bicyclic) bond motifs is 1. The molecule has 160 valence electrons. The summed E-state index contributed by atoms with van der Waals surface area (Å²) in [5, 5.41) is -0.291. The second-order valence-electron chi connectivity index (χ2n) is 9.26. The third-order valence-electron chi connectivity index (χ3n) is 6.49. The minimum atomic E-state index is -2.96. The van der Waals surface area contributed by atoms with Gasteiger partial charge in [0.25, 0.3) is 11.8 Å². The molecular weight excluding hydrogens is 386 g/mol. The van der Waals surface area contributed by atoms with E-state index < -0.39 is 9.84 Å². The summed E-state index contributed by atoms with van der Waals surface area (Å²) >= 11 is 0. The second kappa shape index (κ2) is 8.58. The molecule has 1 heterocycles. The Labute approximate surface area is 174 Å². The van der Waals surface area contributed by atoms with Crippen LogP contribution in [0.4, 0.5) is 0 Å². The molecule has 3 rings (SSSR count). The number of sulfone groups is 1. The van der Waals surface area contributed by atoms with Gasteiger partial charge in [-0.3, -0.25) is 14.5 Å². The van der Waals surface area contributed by atoms with Gasteiger partial charge >= 0.3 is 0 Å². The second-order valence-corrected chi connectivity index (χ2v) is 11.9. The van der Waals surface area contributed by atoms with Gasteiger partial charge in [0.15, 0.2) is 9.84 Å². The van der Waals surface area contributed by atoms with E-state index in [1.54, 1.807) is 19.9 Å². The van der Waals surface area contributed by atoms with E-state index in [0.717, 1.165) is 44.1 Å². The fourth-order valence-electron chi connectivity index (χ4n) is 4.51. The molecule has 2 amide bonds. The predicted molar refractivity (Wildman–Crippen MR) is 115 cm³/mol. The molecule has 0 unspecified atom stereocenters. The molecule has 1 aromatic rings. The summed E-state index contributed by atoms with van der Waals surface area (Å²) in [4.78, 5) is 26.3. The first-order valence-electron chi connectivity index (χ1n) is 10.8. The first-order valence-corrected chi connectivity index (χ1v) is 12.5. The Balaban J connectivity index is 1.54. The molecule has 6 heteroatoms. The average molecular weight is 420 g/mol. The number of imide groups is 1. The van der Waals surface area contributed by atoms with Crippen molar-refractivity contribution in [3.05, 3.63) is 34.9 Å². The fourth-order valence-corrected chi connectivity index (χ4v) is 5.89. The number of hydrogen-bond donors (Lipinski definition) is 0. The largest absolute Gasteiger partial charge is 0.272 e. The maximum atomic E-state index is 12.6. The van der Waals surface area contributed by atoms with Crippen LogP contribution in [0.5, 0.6) is 0 Å². The lowest BCUT2D eigenvalue weighted by atomic mass is 9.80. The Morgan fingerprint density at radius 2 is 1.52 bits per heavy atom. The Hall–Kier alpha value is -1.69. The van der Waals surface area contributed by atoms with Crippen molar-refractivity contribution >= 4 is 21.7 Å². The van der Waals surface area contributed by atoms with Gasteiger partial charge in [-0.15, -0.1) is 0 Å². The Kier molecular flexibility index (Phi) is 6.51. The fraction of sp³-hybridized carbons (Fsp3) is 0.652. The first-order chi connectivity index (χ1) is 13.6. The van der Waals surface area contributed by atoms with E-state index in [1.807, 2.05) is 26.0 Å². The lowest BCUT2D eigenvalue weighted by Crippen LogP contribution is -2.35. The molecule has 1 aliphatic carbocycles. The quantitative estimate of drug-likeness (QED) is 0.619. The van der Waals surface area contributed by atoms with Crippen molar-refractivity contribution in [3.63, 3.8) is 0 Å². The summed E-state index contributed by atoms with van der Waals surface area (Å²) in [5.41, 5.74) is 2.14. The Morgan fingerprint density at radius 3 is 2.10 bits per heavy atom. The number of carbonyl (C=O) groups is 2. The highest BCUT2D eigenvalue weighted by Gasteiger charge is 2.37. The van der Waals surface area contributed by atoms with Crippen molar-refractivity contribution in [1.29, 1.82) is 0 Å². The summed E-state index contributed by atoms with van der Waals surface area (Å²) in [7, 11) is -2.96. The van der Waals surface area contributed by atoms with Gasteiger partial charge in [0, 0.05) is 6.04 Å². The normalized spacial score (nSPS) is 22.6. The summed E-state index contributed by atoms with van der Waals surface area (Å²) in [6.45, 7) is 7.23. The molecule has 29 heavy (non-hydrogen) atoms. The molecule has 0 spiro atoms. The first kappa shape index (κ1) is 22.0. The summed E-state index contributed by atoms with van der Waals surface area (Å²) < 4.78 is 24.3. The monoisotopic (exact) mass is 419 g/mol. The number of carbonyl (C=O) groups excluding carboxylic acids is 2. The predicted octanol–water partition coefficient (Wildman–Crippen LogP) is 4.25. The van der Waals surface area contributed by atoms with Gasteiger partial charge < -0.3 is 0 Å². The third kappa shape index (κ3) is 4.73. The molecule has 0 saturated heterocycles. The van der Waals surface area contributed by atoms with Gasteiger partial charge in [-0.25, -0.2) is 8.42 Å². The van der Waals surface area contributed by atoms with Crippen molar-refractivity contribution in [1.82, 2.24) is 4.90 Å². The third-order valence-corrected chi connectivity index (χ3v) is 8.87. The zero-order valence-electron chi connectivity index (χ0n) is 18.0. The van der Waals surface area contributed by atoms with Crippen LogP contribution in [-0.2, 0) is 16.3 Å². The molecule has 0 radical (unpaired) electrons. The molecule has 1 aromatic carbocycles. The van der Waals surface area contributed by atoms with Crippen molar-refractivity contribution in [2.75, 3.05) is 5.75 Å². The molecule has 1 fully saturated rings. The number of nitrogens with zero attached hydrogens (tertiary/aromatic N) is 1. The Morgan fingerprint density at radius 1 is 0.931 bits per heavy atom. The van der Waals surface area contributed by atoms with Gasteiger partial charge in [0.1, 0.15) is 0 Å². The lowest BCUT2D eigenvalue weighted by molar-refractivity contribution is 0.0609. The highest BCUT2D eigenvalue weighted by Crippen LogP contribution is 2.33. The molecule has 0 bridgehead atoms. The van der Waals surface area contributed by atoms with E-state index in [4.69, 9.17) is 0 Å². The van der Waals surface area contributed by atoms with Crippen LogP contribution in [-0.4, -0.2) is 42.2 Å². The van der Waals surface area contributed by atoms with E-state index in [9.17, 15) is 18.0 Å². The van der Waals surface area contributed by atoms with Gasteiger partial charge in [-0.2, -0.15) is 0 Å². The standard InChI is InChI=1S/C23H33NO4S/c1-15(2)24-22(25)20-12-11-18(13-21(20)23(24)26)8-5-17-6-9-19(10-7-17)14-29(27,28)16(3)4/h11-13,15-17,19H,5-10,14H2,1-4H3. The van der Waals surface area contributed by atoms with Gasteiger partial charge in [0.05, 0.1) is 22.1 Å². The number of aryl methyl sites for hydroxylation is 1. The minimum absolute atomic E-state index is 0.138. The number of amides is 2. The van der Waals surface area contributed by atoms with E-state index in [1.165, 1.54) is 4.90 Å². The molecule has 5 nitrogen and oxygen atoms in total. The molecule has 1 saturated carbocycles. The number of benzene rings is 1. The highest BCUT2D eigenvalue weighted by molar-refractivity contribution is 7.91. The molecule has 0 N–H and O–H groups in total. The van der Waals surface area contributed by atoms with Crippen molar-refractivity contribution in [3.8, 4) is 0 Å². The van der Waals surface area contributed by atoms with E-state index in [2.05, 4.69) is 0 Å². The van der Waals surface area contributed by atoms with Crippen molar-refractivity contribution in [2.24, 2.45) is 11.8 Å². The van der Waals surface area contributed by atoms with Crippen LogP contribution in [0.3, 0.4) is 0 Å². The zero-order chi connectivity index (χ0) is 21.3. The van der Waals surface area contributed by atoms with Crippen molar-refractivity contribution in [2.45, 2.75) is 77.5 Å². The van der Waals surface area contributed by atoms with Crippen LogP contribution in [0.2, 0.25) is 0 Å². The Bertz CT molecular complexity index is 880. The van der Waals surface area contributed by atoms with Crippen LogP contribution in [0, 0.1) is 11.8 Å². The topological polar surface area (TPSA) is 71.5 Å². The number of rotatable bonds is 7. The molecule has 0 aromatic heterocycles. The zero-order valence-corrected chi connectivity index (χ0v) is 18.8. The summed E-state index contributed by atoms with van der Waals surface area (Å²) in [5.74, 6) is 0.843. The van der Waals surface area contributed by atoms with Crippen LogP contribution < -0.4 is 0 Å². The molecular formula is C23H33NO4S. The van der Waals surface area contributed by atoms with E-state index in [0.29, 0.717) is 28.7 Å². The van der Waals surface area contributed by atoms with Crippen LogP contribution in [0.15, 0.2) is 18.2 Å². The maximum absolute atomic E-state index is 12.6. The van der Waals surface area contributed by atoms with Crippen LogP contribution >= 0.6 is 0 Å². The van der Waals surface area contributed by atoms with Crippen LogP contribution in [0.25, 0.3) is 0 Å². The SMILES string of the molecule is CC(C)N1C(=O)c2ccc(CCC3CCC(CS(=O)(=O)C(C)C)CC3)cc2C1=O. The van der Waals surface area contributed by atoms with Crippen molar-refractivity contribution < 1.29 is 18.0 Å².